The second-order valence-electron chi connectivity index (χ2n) is 7.60. The van der Waals surface area contributed by atoms with Gasteiger partial charge in [-0.1, -0.05) is 41.6 Å². The highest BCUT2D eigenvalue weighted by atomic mass is 16.5. The summed E-state index contributed by atoms with van der Waals surface area (Å²) in [5.41, 5.74) is 2.51. The third-order valence-electron chi connectivity index (χ3n) is 5.27. The summed E-state index contributed by atoms with van der Waals surface area (Å²) in [7, 11) is 0. The van der Waals surface area contributed by atoms with Crippen molar-refractivity contribution in [2.75, 3.05) is 13.2 Å². The fraction of sp³-hybridized carbons (Fsp3) is 0.391. The number of aromatic nitrogens is 4. The van der Waals surface area contributed by atoms with Crippen molar-refractivity contribution in [1.82, 2.24) is 24.9 Å². The molecule has 156 valence electrons. The van der Waals surface area contributed by atoms with Gasteiger partial charge in [0.2, 0.25) is 0 Å². The monoisotopic (exact) mass is 405 g/mol. The van der Waals surface area contributed by atoms with Crippen LogP contribution < -0.4 is 0 Å². The first-order valence-electron chi connectivity index (χ1n) is 10.5. The van der Waals surface area contributed by atoms with E-state index in [1.54, 1.807) is 22.0 Å². The first-order valence-corrected chi connectivity index (χ1v) is 10.5. The lowest BCUT2D eigenvalue weighted by molar-refractivity contribution is 0.0500. The molecule has 30 heavy (non-hydrogen) atoms. The van der Waals surface area contributed by atoms with E-state index in [0.29, 0.717) is 18.8 Å². The third kappa shape index (κ3) is 5.51. The van der Waals surface area contributed by atoms with E-state index in [1.165, 1.54) is 5.56 Å². The Morgan fingerprint density at radius 3 is 2.80 bits per heavy atom. The molecule has 0 spiro atoms. The molecule has 1 aliphatic heterocycles. The van der Waals surface area contributed by atoms with Gasteiger partial charge in [-0.3, -0.25) is 14.5 Å². The molecule has 0 saturated carbocycles. The molecule has 3 heterocycles. The van der Waals surface area contributed by atoms with Crippen LogP contribution in [0.1, 0.15) is 41.0 Å². The molecule has 1 fully saturated rings. The Labute approximate surface area is 176 Å². The van der Waals surface area contributed by atoms with Crippen LogP contribution in [0.2, 0.25) is 0 Å². The van der Waals surface area contributed by atoms with Gasteiger partial charge in [0.1, 0.15) is 0 Å². The molecule has 1 atom stereocenters. The highest BCUT2D eigenvalue weighted by Crippen LogP contribution is 2.16. The number of ether oxygens (including phenoxy) is 1. The highest BCUT2D eigenvalue weighted by Gasteiger charge is 2.25. The molecule has 0 unspecified atom stereocenters. The molecule has 1 aromatic carbocycles. The fourth-order valence-corrected chi connectivity index (χ4v) is 3.70. The topological polar surface area (TPSA) is 73.1 Å². The van der Waals surface area contributed by atoms with E-state index in [0.717, 1.165) is 44.5 Å². The zero-order valence-electron chi connectivity index (χ0n) is 17.1. The lowest BCUT2D eigenvalue weighted by Crippen LogP contribution is -2.37. The number of carbonyl (C=O) groups is 1. The molecule has 2 aromatic heterocycles. The number of pyridine rings is 1. The highest BCUT2D eigenvalue weighted by molar-refractivity contribution is 5.91. The van der Waals surface area contributed by atoms with Crippen LogP contribution >= 0.6 is 0 Å². The molecular formula is C23H27N5O2. The minimum atomic E-state index is -0.134. The van der Waals surface area contributed by atoms with Crippen molar-refractivity contribution in [3.05, 3.63) is 77.9 Å². The van der Waals surface area contributed by atoms with Crippen molar-refractivity contribution in [2.24, 2.45) is 0 Å². The molecule has 0 aliphatic carbocycles. The minimum absolute atomic E-state index is 0.0681. The summed E-state index contributed by atoms with van der Waals surface area (Å²) in [6.45, 7) is 2.45. The van der Waals surface area contributed by atoms with Gasteiger partial charge in [0.25, 0.3) is 5.91 Å². The van der Waals surface area contributed by atoms with Crippen LogP contribution in [-0.2, 0) is 24.2 Å². The number of hydrogen-bond acceptors (Lipinski definition) is 5. The van der Waals surface area contributed by atoms with Gasteiger partial charge in [0.15, 0.2) is 5.69 Å². The van der Waals surface area contributed by atoms with Gasteiger partial charge < -0.3 is 9.64 Å². The van der Waals surface area contributed by atoms with E-state index in [1.807, 2.05) is 36.4 Å². The van der Waals surface area contributed by atoms with Crippen LogP contribution in [-0.4, -0.2) is 50.0 Å². The van der Waals surface area contributed by atoms with Crippen molar-refractivity contribution in [2.45, 2.75) is 44.9 Å². The van der Waals surface area contributed by atoms with Gasteiger partial charge in [0, 0.05) is 25.9 Å². The molecule has 0 bridgehead atoms. The van der Waals surface area contributed by atoms with Crippen LogP contribution in [0.4, 0.5) is 0 Å². The number of benzene rings is 1. The predicted molar refractivity (Wildman–Crippen MR) is 113 cm³/mol. The molecular weight excluding hydrogens is 378 g/mol. The maximum Gasteiger partial charge on any atom is 0.276 e. The standard InChI is InChI=1S/C23H27N5O2/c29-23(22-18-28(26-25-22)14-6-10-19-8-2-1-3-9-19)27(17-21-12-7-15-30-21)16-20-11-4-5-13-24-20/h1-5,8-9,11,13,18,21H,6-7,10,12,14-17H2/t21-/m1/s1. The largest absolute Gasteiger partial charge is 0.376 e. The Morgan fingerprint density at radius 2 is 2.03 bits per heavy atom. The van der Waals surface area contributed by atoms with Gasteiger partial charge >= 0.3 is 0 Å². The number of aryl methyl sites for hydroxylation is 2. The Bertz CT molecular complexity index is 923. The summed E-state index contributed by atoms with van der Waals surface area (Å²) in [4.78, 5) is 19.3. The second kappa shape index (κ2) is 10.1. The summed E-state index contributed by atoms with van der Waals surface area (Å²) in [5.74, 6) is -0.134. The third-order valence-corrected chi connectivity index (χ3v) is 5.27. The van der Waals surface area contributed by atoms with Crippen LogP contribution in [0.15, 0.2) is 60.9 Å². The zero-order valence-corrected chi connectivity index (χ0v) is 17.1. The van der Waals surface area contributed by atoms with Gasteiger partial charge in [-0.05, 0) is 43.4 Å². The molecule has 7 nitrogen and oxygen atoms in total. The SMILES string of the molecule is O=C(c1cn(CCCc2ccccc2)nn1)N(Cc1ccccn1)C[C@H]1CCCO1. The Kier molecular flexibility index (Phi) is 6.82. The van der Waals surface area contributed by atoms with Gasteiger partial charge in [0.05, 0.1) is 24.5 Å². The van der Waals surface area contributed by atoms with E-state index < -0.39 is 0 Å². The molecule has 4 rings (SSSR count). The number of carbonyl (C=O) groups excluding carboxylic acids is 1. The molecule has 1 aliphatic rings. The van der Waals surface area contributed by atoms with Crippen molar-refractivity contribution >= 4 is 5.91 Å². The Hall–Kier alpha value is -3.06. The van der Waals surface area contributed by atoms with Crippen molar-refractivity contribution < 1.29 is 9.53 Å². The van der Waals surface area contributed by atoms with Crippen molar-refractivity contribution in [3.8, 4) is 0 Å². The smallest absolute Gasteiger partial charge is 0.276 e. The van der Waals surface area contributed by atoms with Crippen LogP contribution in [0.25, 0.3) is 0 Å². The summed E-state index contributed by atoms with van der Waals surface area (Å²) >= 11 is 0. The number of amides is 1. The first kappa shape index (κ1) is 20.2. The van der Waals surface area contributed by atoms with Gasteiger partial charge in [-0.2, -0.15) is 0 Å². The van der Waals surface area contributed by atoms with E-state index in [-0.39, 0.29) is 12.0 Å². The lowest BCUT2D eigenvalue weighted by atomic mass is 10.1. The summed E-state index contributed by atoms with van der Waals surface area (Å²) in [6.07, 6.45) is 7.47. The normalized spacial score (nSPS) is 15.9. The maximum absolute atomic E-state index is 13.2. The van der Waals surface area contributed by atoms with E-state index in [4.69, 9.17) is 4.74 Å². The summed E-state index contributed by atoms with van der Waals surface area (Å²) < 4.78 is 7.50. The van der Waals surface area contributed by atoms with E-state index in [2.05, 4.69) is 27.4 Å². The Balaban J connectivity index is 1.39. The molecule has 1 amide bonds. The van der Waals surface area contributed by atoms with Crippen molar-refractivity contribution in [3.63, 3.8) is 0 Å². The molecule has 3 aromatic rings. The van der Waals surface area contributed by atoms with Gasteiger partial charge in [-0.15, -0.1) is 5.10 Å². The minimum Gasteiger partial charge on any atom is -0.376 e. The predicted octanol–water partition coefficient (Wildman–Crippen LogP) is 3.13. The average Bonchev–Trinajstić information content (AvgIpc) is 3.47. The van der Waals surface area contributed by atoms with Crippen LogP contribution in [0.3, 0.4) is 0 Å². The molecule has 0 radical (unpaired) electrons. The molecule has 0 N–H and O–H groups in total. The summed E-state index contributed by atoms with van der Waals surface area (Å²) in [6, 6.07) is 16.1. The number of nitrogens with zero attached hydrogens (tertiary/aromatic N) is 5. The van der Waals surface area contributed by atoms with Crippen LogP contribution in [0, 0.1) is 0 Å². The maximum atomic E-state index is 13.2. The lowest BCUT2D eigenvalue weighted by Gasteiger charge is -2.24. The molecule has 1 saturated heterocycles. The van der Waals surface area contributed by atoms with Crippen LogP contribution in [0.5, 0.6) is 0 Å². The zero-order chi connectivity index (χ0) is 20.6. The number of hydrogen-bond donors (Lipinski definition) is 0. The first-order chi connectivity index (χ1) is 14.8. The summed E-state index contributed by atoms with van der Waals surface area (Å²) in [5, 5.41) is 8.30. The average molecular weight is 406 g/mol. The van der Waals surface area contributed by atoms with E-state index in [9.17, 15) is 4.79 Å². The number of rotatable bonds is 9. The second-order valence-corrected chi connectivity index (χ2v) is 7.60. The Morgan fingerprint density at radius 1 is 1.17 bits per heavy atom. The quantitative estimate of drug-likeness (QED) is 0.547. The van der Waals surface area contributed by atoms with Crippen molar-refractivity contribution in [1.29, 1.82) is 0 Å². The van der Waals surface area contributed by atoms with Gasteiger partial charge in [-0.25, -0.2) is 0 Å². The fourth-order valence-electron chi connectivity index (χ4n) is 3.70. The molecule has 7 heteroatoms. The van der Waals surface area contributed by atoms with E-state index >= 15 is 0 Å².